The van der Waals surface area contributed by atoms with Gasteiger partial charge in [0.25, 0.3) is 0 Å². The maximum atomic E-state index is 11.2. The molecule has 0 spiro atoms. The summed E-state index contributed by atoms with van der Waals surface area (Å²) in [5.41, 5.74) is -0.0603. The first-order valence-electron chi connectivity index (χ1n) is 4.04. The lowest BCUT2D eigenvalue weighted by atomic mass is 10.1. The number of nitrogens with one attached hydrogen (secondary N) is 1. The summed E-state index contributed by atoms with van der Waals surface area (Å²) in [5.74, 6) is 0.122. The summed E-state index contributed by atoms with van der Waals surface area (Å²) in [5, 5.41) is 0. The van der Waals surface area contributed by atoms with Crippen LogP contribution in [0.4, 0.5) is 0 Å². The second-order valence-corrected chi connectivity index (χ2v) is 5.85. The van der Waals surface area contributed by atoms with Gasteiger partial charge in [-0.3, -0.25) is 4.90 Å². The molecule has 0 amide bonds. The zero-order chi connectivity index (χ0) is 9.41. The number of nitrogens with zero attached hydrogens (tertiary/aromatic N) is 1. The molecule has 1 N–H and O–H groups in total. The first-order valence-corrected chi connectivity index (χ1v) is 5.69. The van der Waals surface area contributed by atoms with Gasteiger partial charge in [-0.25, -0.2) is 13.1 Å². The molecule has 0 unspecified atom stereocenters. The lowest BCUT2D eigenvalue weighted by Gasteiger charge is -2.37. The summed E-state index contributed by atoms with van der Waals surface area (Å²) >= 11 is 0. The van der Waals surface area contributed by atoms with Crippen LogP contribution < -0.4 is 4.72 Å². The molecule has 1 saturated heterocycles. The fourth-order valence-corrected chi connectivity index (χ4v) is 2.60. The summed E-state index contributed by atoms with van der Waals surface area (Å²) in [4.78, 5) is 1.96. The first-order chi connectivity index (χ1) is 5.31. The van der Waals surface area contributed by atoms with Gasteiger partial charge >= 0.3 is 0 Å². The third-order valence-electron chi connectivity index (χ3n) is 1.98. The third-order valence-corrected chi connectivity index (χ3v) is 3.27. The minimum absolute atomic E-state index is 0.0603. The van der Waals surface area contributed by atoms with Crippen LogP contribution in [0, 0.1) is 0 Å². The highest BCUT2D eigenvalue weighted by molar-refractivity contribution is 7.89. The molecule has 0 aromatic heterocycles. The molecule has 1 aliphatic heterocycles. The second kappa shape index (κ2) is 2.97. The number of hydrogen-bond donors (Lipinski definition) is 1. The van der Waals surface area contributed by atoms with Crippen LogP contribution in [0.15, 0.2) is 0 Å². The Labute approximate surface area is 74.0 Å². The van der Waals surface area contributed by atoms with E-state index in [1.54, 1.807) is 0 Å². The Morgan fingerprint density at radius 3 is 2.25 bits per heavy atom. The highest BCUT2D eigenvalue weighted by Gasteiger charge is 2.29. The van der Waals surface area contributed by atoms with Crippen molar-refractivity contribution in [3.8, 4) is 0 Å². The standard InChI is InChI=1S/C7H16N2O2S/c1-7(2,3)9-5-4-8-12(10,11)6-9/h8H,4-6H2,1-3H3. The van der Waals surface area contributed by atoms with Gasteiger partial charge in [0.2, 0.25) is 10.0 Å². The van der Waals surface area contributed by atoms with E-state index in [0.717, 1.165) is 6.54 Å². The molecule has 0 atom stereocenters. The van der Waals surface area contributed by atoms with E-state index in [-0.39, 0.29) is 11.4 Å². The van der Waals surface area contributed by atoms with Crippen LogP contribution in [0.1, 0.15) is 20.8 Å². The lowest BCUT2D eigenvalue weighted by molar-refractivity contribution is 0.158. The van der Waals surface area contributed by atoms with E-state index in [1.807, 2.05) is 25.7 Å². The number of sulfonamides is 1. The van der Waals surface area contributed by atoms with Gasteiger partial charge in [-0.05, 0) is 20.8 Å². The second-order valence-electron chi connectivity index (χ2n) is 4.07. The molecule has 0 aliphatic carbocycles. The van der Waals surface area contributed by atoms with Crippen LogP contribution in [0.2, 0.25) is 0 Å². The van der Waals surface area contributed by atoms with Gasteiger partial charge in [0.05, 0.1) is 0 Å². The van der Waals surface area contributed by atoms with E-state index in [4.69, 9.17) is 0 Å². The SMILES string of the molecule is CC(C)(C)N1CCNS(=O)(=O)C1. The van der Waals surface area contributed by atoms with Crippen molar-refractivity contribution in [1.82, 2.24) is 9.62 Å². The van der Waals surface area contributed by atoms with Crippen LogP contribution in [0.5, 0.6) is 0 Å². The molecule has 5 heteroatoms. The number of hydrogen-bond acceptors (Lipinski definition) is 3. The monoisotopic (exact) mass is 192 g/mol. The molecule has 0 saturated carbocycles. The summed E-state index contributed by atoms with van der Waals surface area (Å²) in [7, 11) is -3.04. The molecule has 1 fully saturated rings. The van der Waals surface area contributed by atoms with Gasteiger partial charge in [0.15, 0.2) is 0 Å². The summed E-state index contributed by atoms with van der Waals surface area (Å²) < 4.78 is 24.8. The average molecular weight is 192 g/mol. The maximum Gasteiger partial charge on any atom is 0.224 e. The van der Waals surface area contributed by atoms with Crippen molar-refractivity contribution in [3.63, 3.8) is 0 Å². The summed E-state index contributed by atoms with van der Waals surface area (Å²) in [6.45, 7) is 7.39. The van der Waals surface area contributed by atoms with Crippen molar-refractivity contribution >= 4 is 10.0 Å². The van der Waals surface area contributed by atoms with Crippen LogP contribution >= 0.6 is 0 Å². The lowest BCUT2D eigenvalue weighted by Crippen LogP contribution is -2.54. The fourth-order valence-electron chi connectivity index (χ4n) is 1.18. The third kappa shape index (κ3) is 2.43. The van der Waals surface area contributed by atoms with Crippen molar-refractivity contribution in [3.05, 3.63) is 0 Å². The van der Waals surface area contributed by atoms with E-state index >= 15 is 0 Å². The average Bonchev–Trinajstić information content (AvgIpc) is 1.83. The van der Waals surface area contributed by atoms with E-state index in [0.29, 0.717) is 6.54 Å². The van der Waals surface area contributed by atoms with E-state index in [1.165, 1.54) is 0 Å². The Kier molecular flexibility index (Phi) is 2.47. The molecule has 0 aromatic rings. The molecule has 1 aliphatic rings. The molecule has 1 heterocycles. The van der Waals surface area contributed by atoms with Crippen molar-refractivity contribution in [2.24, 2.45) is 0 Å². The molecule has 0 radical (unpaired) electrons. The number of rotatable bonds is 0. The quantitative estimate of drug-likeness (QED) is 0.586. The first kappa shape index (κ1) is 9.95. The smallest absolute Gasteiger partial charge is 0.224 e. The van der Waals surface area contributed by atoms with E-state index in [2.05, 4.69) is 4.72 Å². The summed E-state index contributed by atoms with van der Waals surface area (Å²) in [6.07, 6.45) is 0. The van der Waals surface area contributed by atoms with Crippen molar-refractivity contribution in [2.45, 2.75) is 26.3 Å². The van der Waals surface area contributed by atoms with Gasteiger partial charge < -0.3 is 0 Å². The highest BCUT2D eigenvalue weighted by atomic mass is 32.2. The van der Waals surface area contributed by atoms with E-state index in [9.17, 15) is 8.42 Å². The molecule has 1 rings (SSSR count). The Morgan fingerprint density at radius 2 is 1.92 bits per heavy atom. The van der Waals surface area contributed by atoms with Crippen LogP contribution in [-0.2, 0) is 10.0 Å². The molecular formula is C7H16N2O2S. The predicted octanol–water partition coefficient (Wildman–Crippen LogP) is -0.0226. The highest BCUT2D eigenvalue weighted by Crippen LogP contribution is 2.15. The minimum Gasteiger partial charge on any atom is -0.282 e. The van der Waals surface area contributed by atoms with Gasteiger partial charge in [0.1, 0.15) is 5.88 Å². The van der Waals surface area contributed by atoms with Crippen LogP contribution in [-0.4, -0.2) is 37.8 Å². The van der Waals surface area contributed by atoms with Crippen molar-refractivity contribution < 1.29 is 8.42 Å². The van der Waals surface area contributed by atoms with Crippen molar-refractivity contribution in [1.29, 1.82) is 0 Å². The topological polar surface area (TPSA) is 49.4 Å². The molecule has 4 nitrogen and oxygen atoms in total. The Hall–Kier alpha value is -0.130. The van der Waals surface area contributed by atoms with Gasteiger partial charge in [0, 0.05) is 18.6 Å². The molecule has 12 heavy (non-hydrogen) atoms. The van der Waals surface area contributed by atoms with E-state index < -0.39 is 10.0 Å². The minimum atomic E-state index is -3.04. The molecule has 72 valence electrons. The van der Waals surface area contributed by atoms with Crippen LogP contribution in [0.25, 0.3) is 0 Å². The van der Waals surface area contributed by atoms with Gasteiger partial charge in [-0.1, -0.05) is 0 Å². The normalized spacial score (nSPS) is 25.6. The summed E-state index contributed by atoms with van der Waals surface area (Å²) in [6, 6.07) is 0. The van der Waals surface area contributed by atoms with Gasteiger partial charge in [-0.15, -0.1) is 0 Å². The molecule has 0 aromatic carbocycles. The zero-order valence-electron chi connectivity index (χ0n) is 7.79. The van der Waals surface area contributed by atoms with Crippen LogP contribution in [0.3, 0.4) is 0 Å². The zero-order valence-corrected chi connectivity index (χ0v) is 8.61. The molecule has 0 bridgehead atoms. The Balaban J connectivity index is 2.71. The van der Waals surface area contributed by atoms with Crippen molar-refractivity contribution in [2.75, 3.05) is 19.0 Å². The Morgan fingerprint density at radius 1 is 1.33 bits per heavy atom. The maximum absolute atomic E-state index is 11.2. The predicted molar refractivity (Wildman–Crippen MR) is 48.2 cm³/mol. The van der Waals surface area contributed by atoms with Gasteiger partial charge in [-0.2, -0.15) is 0 Å². The molecular weight excluding hydrogens is 176 g/mol. The largest absolute Gasteiger partial charge is 0.282 e. The Bertz CT molecular complexity index is 253. The fraction of sp³-hybridized carbons (Fsp3) is 1.00.